The van der Waals surface area contributed by atoms with Crippen LogP contribution in [0.1, 0.15) is 10.5 Å². The maximum Gasteiger partial charge on any atom is 0.277 e. The fraction of sp³-hybridized carbons (Fsp3) is 0. The standard InChI is InChI=1S/C16H9BrClN5O2/c17-8-3-12-15(19-5-8)23-14(22-12)10-4-9(1-2-11(10)18)21-16(24)13-6-25-7-20-13/h1-7H,(H,21,24)(H,19,22,23). The minimum absolute atomic E-state index is 0.189. The molecule has 0 aliphatic rings. The molecule has 0 saturated heterocycles. The number of oxazole rings is 1. The number of aromatic nitrogens is 4. The number of halogens is 2. The Bertz CT molecular complexity index is 1080. The van der Waals surface area contributed by atoms with Gasteiger partial charge in [-0.25, -0.2) is 15.0 Å². The molecule has 0 radical (unpaired) electrons. The second-order valence-electron chi connectivity index (χ2n) is 5.13. The van der Waals surface area contributed by atoms with Gasteiger partial charge in [0.1, 0.15) is 12.1 Å². The van der Waals surface area contributed by atoms with Gasteiger partial charge in [0, 0.05) is 21.9 Å². The van der Waals surface area contributed by atoms with E-state index in [0.717, 1.165) is 9.99 Å². The van der Waals surface area contributed by atoms with E-state index < -0.39 is 0 Å². The van der Waals surface area contributed by atoms with Crippen molar-refractivity contribution >= 4 is 50.3 Å². The van der Waals surface area contributed by atoms with Crippen LogP contribution in [-0.2, 0) is 0 Å². The average molecular weight is 419 g/mol. The molecule has 7 nitrogen and oxygen atoms in total. The van der Waals surface area contributed by atoms with Crippen molar-refractivity contribution in [1.29, 1.82) is 0 Å². The quantitative estimate of drug-likeness (QED) is 0.517. The van der Waals surface area contributed by atoms with Gasteiger partial charge in [-0.2, -0.15) is 0 Å². The van der Waals surface area contributed by atoms with Crippen LogP contribution in [0.25, 0.3) is 22.6 Å². The lowest BCUT2D eigenvalue weighted by Crippen LogP contribution is -2.12. The molecule has 25 heavy (non-hydrogen) atoms. The summed E-state index contributed by atoms with van der Waals surface area (Å²) in [5.74, 6) is 0.181. The number of aromatic amines is 1. The number of imidazole rings is 1. The highest BCUT2D eigenvalue weighted by molar-refractivity contribution is 9.10. The number of carbonyl (C=O) groups excluding carboxylic acids is 1. The Morgan fingerprint density at radius 1 is 1.28 bits per heavy atom. The summed E-state index contributed by atoms with van der Waals surface area (Å²) < 4.78 is 5.65. The molecule has 3 aromatic heterocycles. The molecule has 0 atom stereocenters. The molecule has 0 fully saturated rings. The molecular formula is C16H9BrClN5O2. The zero-order chi connectivity index (χ0) is 17.4. The van der Waals surface area contributed by atoms with E-state index in [0.29, 0.717) is 27.7 Å². The van der Waals surface area contributed by atoms with Crippen molar-refractivity contribution < 1.29 is 9.21 Å². The lowest BCUT2D eigenvalue weighted by atomic mass is 10.2. The third kappa shape index (κ3) is 3.13. The van der Waals surface area contributed by atoms with Crippen LogP contribution in [0, 0.1) is 0 Å². The summed E-state index contributed by atoms with van der Waals surface area (Å²) in [7, 11) is 0. The lowest BCUT2D eigenvalue weighted by Gasteiger charge is -2.06. The molecule has 0 spiro atoms. The van der Waals surface area contributed by atoms with Crippen LogP contribution >= 0.6 is 27.5 Å². The summed E-state index contributed by atoms with van der Waals surface area (Å²) in [6, 6.07) is 6.99. The highest BCUT2D eigenvalue weighted by atomic mass is 79.9. The topological polar surface area (TPSA) is 96.7 Å². The average Bonchev–Trinajstić information content (AvgIpc) is 3.25. The Hall–Kier alpha value is -2.71. The number of benzene rings is 1. The second kappa shape index (κ2) is 6.30. The Kier molecular flexibility index (Phi) is 3.98. The number of anilines is 1. The predicted molar refractivity (Wildman–Crippen MR) is 96.5 cm³/mol. The number of nitrogens with one attached hydrogen (secondary N) is 2. The molecule has 1 aromatic carbocycles. The van der Waals surface area contributed by atoms with Crippen molar-refractivity contribution in [2.45, 2.75) is 0 Å². The second-order valence-corrected chi connectivity index (χ2v) is 6.46. The third-order valence-corrected chi connectivity index (χ3v) is 4.21. The first kappa shape index (κ1) is 15.8. The maximum absolute atomic E-state index is 12.1. The first-order valence-electron chi connectivity index (χ1n) is 7.11. The van der Waals surface area contributed by atoms with Crippen molar-refractivity contribution in [2.75, 3.05) is 5.32 Å². The Balaban J connectivity index is 1.70. The molecule has 0 aliphatic carbocycles. The van der Waals surface area contributed by atoms with E-state index in [1.54, 1.807) is 24.4 Å². The minimum Gasteiger partial charge on any atom is -0.451 e. The van der Waals surface area contributed by atoms with Gasteiger partial charge in [-0.3, -0.25) is 4.79 Å². The molecule has 3 heterocycles. The Morgan fingerprint density at radius 3 is 2.96 bits per heavy atom. The van der Waals surface area contributed by atoms with Crippen LogP contribution in [0.2, 0.25) is 5.02 Å². The van der Waals surface area contributed by atoms with E-state index >= 15 is 0 Å². The number of pyridine rings is 1. The molecule has 4 rings (SSSR count). The maximum atomic E-state index is 12.1. The van der Waals surface area contributed by atoms with Crippen molar-refractivity contribution in [3.05, 3.63) is 58.3 Å². The van der Waals surface area contributed by atoms with Crippen molar-refractivity contribution in [3.8, 4) is 11.4 Å². The fourth-order valence-electron chi connectivity index (χ4n) is 2.31. The monoisotopic (exact) mass is 417 g/mol. The summed E-state index contributed by atoms with van der Waals surface area (Å²) in [4.78, 5) is 27.7. The van der Waals surface area contributed by atoms with E-state index in [1.165, 1.54) is 12.7 Å². The lowest BCUT2D eigenvalue weighted by molar-refractivity contribution is 0.102. The molecular weight excluding hydrogens is 410 g/mol. The molecule has 1 amide bonds. The summed E-state index contributed by atoms with van der Waals surface area (Å²) in [5.41, 5.74) is 2.74. The van der Waals surface area contributed by atoms with Crippen molar-refractivity contribution in [1.82, 2.24) is 19.9 Å². The number of rotatable bonds is 3. The normalized spacial score (nSPS) is 11.0. The molecule has 2 N–H and O–H groups in total. The Labute approximate surface area is 154 Å². The van der Waals surface area contributed by atoms with E-state index in [1.807, 2.05) is 6.07 Å². The van der Waals surface area contributed by atoms with Gasteiger partial charge in [0.05, 0.1) is 10.5 Å². The summed E-state index contributed by atoms with van der Waals surface area (Å²) in [6.45, 7) is 0. The molecule has 0 aliphatic heterocycles. The van der Waals surface area contributed by atoms with E-state index in [2.05, 4.69) is 41.2 Å². The number of fused-ring (bicyclic) bond motifs is 1. The van der Waals surface area contributed by atoms with Gasteiger partial charge < -0.3 is 14.7 Å². The highest BCUT2D eigenvalue weighted by Crippen LogP contribution is 2.30. The number of carbonyl (C=O) groups is 1. The fourth-order valence-corrected chi connectivity index (χ4v) is 2.84. The molecule has 0 bridgehead atoms. The van der Waals surface area contributed by atoms with Crippen molar-refractivity contribution in [3.63, 3.8) is 0 Å². The molecule has 4 aromatic rings. The van der Waals surface area contributed by atoms with Crippen LogP contribution in [0.3, 0.4) is 0 Å². The van der Waals surface area contributed by atoms with Crippen LogP contribution in [0.15, 0.2) is 52.0 Å². The summed E-state index contributed by atoms with van der Waals surface area (Å²) in [5, 5.41) is 3.24. The number of hydrogen-bond acceptors (Lipinski definition) is 5. The van der Waals surface area contributed by atoms with Crippen LogP contribution in [-0.4, -0.2) is 25.8 Å². The van der Waals surface area contributed by atoms with Gasteiger partial charge in [0.25, 0.3) is 5.91 Å². The van der Waals surface area contributed by atoms with Gasteiger partial charge in [-0.1, -0.05) is 11.6 Å². The first-order chi connectivity index (χ1) is 12.1. The number of hydrogen-bond donors (Lipinski definition) is 2. The van der Waals surface area contributed by atoms with Gasteiger partial charge >= 0.3 is 0 Å². The summed E-state index contributed by atoms with van der Waals surface area (Å²) in [6.07, 6.45) is 4.14. The molecule has 9 heteroatoms. The number of amides is 1. The number of nitrogens with zero attached hydrogens (tertiary/aromatic N) is 3. The van der Waals surface area contributed by atoms with E-state index in [9.17, 15) is 4.79 Å². The zero-order valence-electron chi connectivity index (χ0n) is 12.5. The summed E-state index contributed by atoms with van der Waals surface area (Å²) >= 11 is 9.67. The molecule has 0 unspecified atom stereocenters. The van der Waals surface area contributed by atoms with Gasteiger partial charge in [-0.05, 0) is 40.2 Å². The molecule has 124 valence electrons. The van der Waals surface area contributed by atoms with Gasteiger partial charge in [0.2, 0.25) is 0 Å². The van der Waals surface area contributed by atoms with E-state index in [-0.39, 0.29) is 11.6 Å². The van der Waals surface area contributed by atoms with E-state index in [4.69, 9.17) is 16.0 Å². The smallest absolute Gasteiger partial charge is 0.277 e. The number of H-pyrrole nitrogens is 1. The SMILES string of the molecule is O=C(Nc1ccc(Cl)c(-c2nc3ncc(Br)cc3[nH]2)c1)c1cocn1. The van der Waals surface area contributed by atoms with Crippen molar-refractivity contribution in [2.24, 2.45) is 0 Å². The minimum atomic E-state index is -0.378. The zero-order valence-corrected chi connectivity index (χ0v) is 14.8. The Morgan fingerprint density at radius 2 is 2.16 bits per heavy atom. The largest absolute Gasteiger partial charge is 0.451 e. The van der Waals surface area contributed by atoms with Crippen LogP contribution in [0.5, 0.6) is 0 Å². The first-order valence-corrected chi connectivity index (χ1v) is 8.28. The van der Waals surface area contributed by atoms with Gasteiger partial charge in [-0.15, -0.1) is 0 Å². The van der Waals surface area contributed by atoms with Crippen LogP contribution < -0.4 is 5.32 Å². The van der Waals surface area contributed by atoms with Gasteiger partial charge in [0.15, 0.2) is 17.7 Å². The van der Waals surface area contributed by atoms with Crippen LogP contribution in [0.4, 0.5) is 5.69 Å². The molecule has 0 saturated carbocycles. The third-order valence-electron chi connectivity index (χ3n) is 3.45. The predicted octanol–water partition coefficient (Wildman–Crippen LogP) is 4.28. The highest BCUT2D eigenvalue weighted by Gasteiger charge is 2.13.